The lowest BCUT2D eigenvalue weighted by Gasteiger charge is -2.17. The summed E-state index contributed by atoms with van der Waals surface area (Å²) in [4.78, 5) is 13.9. The minimum absolute atomic E-state index is 0.186. The largest absolute Gasteiger partial charge is 0.338 e. The first-order valence-corrected chi connectivity index (χ1v) is 7.14. The van der Waals surface area contributed by atoms with E-state index in [1.807, 2.05) is 0 Å². The van der Waals surface area contributed by atoms with Crippen LogP contribution in [0.5, 0.6) is 0 Å². The van der Waals surface area contributed by atoms with E-state index in [0.29, 0.717) is 13.1 Å². The molecule has 2 N–H and O–H groups in total. The molecule has 0 aromatic heterocycles. The number of halogens is 1. The maximum Gasteiger partial charge on any atom is 0.315 e. The van der Waals surface area contributed by atoms with E-state index in [2.05, 4.69) is 29.4 Å². The average Bonchev–Trinajstić information content (AvgIpc) is 2.47. The second-order valence-electron chi connectivity index (χ2n) is 4.62. The van der Waals surface area contributed by atoms with Gasteiger partial charge in [0.2, 0.25) is 0 Å². The lowest BCUT2D eigenvalue weighted by molar-refractivity contribution is 0.239. The van der Waals surface area contributed by atoms with Crippen LogP contribution in [0.2, 0.25) is 0 Å². The van der Waals surface area contributed by atoms with Gasteiger partial charge in [-0.3, -0.25) is 0 Å². The van der Waals surface area contributed by atoms with Crippen molar-refractivity contribution in [2.75, 3.05) is 26.2 Å². The van der Waals surface area contributed by atoms with Gasteiger partial charge in [-0.05, 0) is 43.8 Å². The van der Waals surface area contributed by atoms with Gasteiger partial charge in [0.1, 0.15) is 5.82 Å². The summed E-state index contributed by atoms with van der Waals surface area (Å²) in [5, 5.41) is 5.57. The molecule has 0 aliphatic rings. The minimum Gasteiger partial charge on any atom is -0.338 e. The van der Waals surface area contributed by atoms with Crippen LogP contribution in [0.4, 0.5) is 9.18 Å². The van der Waals surface area contributed by atoms with E-state index < -0.39 is 0 Å². The fourth-order valence-electron chi connectivity index (χ4n) is 1.89. The van der Waals surface area contributed by atoms with Gasteiger partial charge in [0.25, 0.3) is 0 Å². The highest BCUT2D eigenvalue weighted by Gasteiger charge is 2.02. The molecule has 112 valence electrons. The molecule has 1 rings (SSSR count). The molecular weight excluding hydrogens is 257 g/mol. The number of urea groups is 1. The van der Waals surface area contributed by atoms with Crippen molar-refractivity contribution < 1.29 is 9.18 Å². The number of carbonyl (C=O) groups excluding carboxylic acids is 1. The highest BCUT2D eigenvalue weighted by atomic mass is 19.1. The molecule has 4 nitrogen and oxygen atoms in total. The molecule has 0 heterocycles. The summed E-state index contributed by atoms with van der Waals surface area (Å²) in [5.74, 6) is -0.269. The number of benzene rings is 1. The van der Waals surface area contributed by atoms with Crippen molar-refractivity contribution in [2.24, 2.45) is 0 Å². The van der Waals surface area contributed by atoms with Crippen LogP contribution in [0.1, 0.15) is 25.8 Å². The van der Waals surface area contributed by atoms with E-state index >= 15 is 0 Å². The Hall–Kier alpha value is -1.62. The molecule has 2 amide bonds. The van der Waals surface area contributed by atoms with E-state index in [1.165, 1.54) is 12.1 Å². The number of nitrogens with zero attached hydrogens (tertiary/aromatic N) is 1. The summed E-state index contributed by atoms with van der Waals surface area (Å²) in [6, 6.07) is 5.91. The Bertz CT molecular complexity index is 391. The SMILES string of the molecule is CCN(CC)CCCNC(=O)NCc1ccc(F)cc1. The van der Waals surface area contributed by atoms with Gasteiger partial charge in [0, 0.05) is 13.1 Å². The molecule has 0 saturated heterocycles. The third-order valence-electron chi connectivity index (χ3n) is 3.20. The van der Waals surface area contributed by atoms with Crippen molar-refractivity contribution in [3.05, 3.63) is 35.6 Å². The number of amides is 2. The molecule has 1 aromatic rings. The summed E-state index contributed by atoms with van der Waals surface area (Å²) < 4.78 is 12.7. The average molecular weight is 281 g/mol. The Kier molecular flexibility index (Phi) is 7.65. The summed E-state index contributed by atoms with van der Waals surface area (Å²) in [7, 11) is 0. The van der Waals surface area contributed by atoms with E-state index in [-0.39, 0.29) is 11.8 Å². The molecule has 0 fully saturated rings. The van der Waals surface area contributed by atoms with Gasteiger partial charge in [-0.25, -0.2) is 9.18 Å². The topological polar surface area (TPSA) is 44.4 Å². The Labute approximate surface area is 120 Å². The standard InChI is InChI=1S/C15H24FN3O/c1-3-19(4-2)11-5-10-17-15(20)18-12-13-6-8-14(16)9-7-13/h6-9H,3-5,10-12H2,1-2H3,(H2,17,18,20). The second-order valence-corrected chi connectivity index (χ2v) is 4.62. The Morgan fingerprint density at radius 1 is 1.15 bits per heavy atom. The molecule has 0 unspecified atom stereocenters. The zero-order chi connectivity index (χ0) is 14.8. The third kappa shape index (κ3) is 6.52. The molecule has 0 spiro atoms. The molecule has 20 heavy (non-hydrogen) atoms. The van der Waals surface area contributed by atoms with E-state index in [9.17, 15) is 9.18 Å². The smallest absolute Gasteiger partial charge is 0.315 e. The van der Waals surface area contributed by atoms with Gasteiger partial charge in [-0.2, -0.15) is 0 Å². The van der Waals surface area contributed by atoms with Crippen molar-refractivity contribution in [1.29, 1.82) is 0 Å². The van der Waals surface area contributed by atoms with Crippen LogP contribution < -0.4 is 10.6 Å². The fourth-order valence-corrected chi connectivity index (χ4v) is 1.89. The zero-order valence-electron chi connectivity index (χ0n) is 12.3. The van der Waals surface area contributed by atoms with Gasteiger partial charge in [-0.15, -0.1) is 0 Å². The highest BCUT2D eigenvalue weighted by Crippen LogP contribution is 2.01. The number of hydrogen-bond acceptors (Lipinski definition) is 2. The van der Waals surface area contributed by atoms with Crippen LogP contribution >= 0.6 is 0 Å². The van der Waals surface area contributed by atoms with Crippen LogP contribution in [-0.2, 0) is 6.54 Å². The first-order chi connectivity index (χ1) is 9.65. The molecule has 0 saturated carbocycles. The van der Waals surface area contributed by atoms with Crippen LogP contribution in [0.3, 0.4) is 0 Å². The minimum atomic E-state index is -0.269. The van der Waals surface area contributed by atoms with Crippen molar-refractivity contribution in [1.82, 2.24) is 15.5 Å². The Balaban J connectivity index is 2.13. The Morgan fingerprint density at radius 2 is 1.80 bits per heavy atom. The maximum atomic E-state index is 12.7. The van der Waals surface area contributed by atoms with Crippen LogP contribution in [0.25, 0.3) is 0 Å². The third-order valence-corrected chi connectivity index (χ3v) is 3.20. The molecule has 0 aliphatic carbocycles. The number of rotatable bonds is 8. The van der Waals surface area contributed by atoms with Crippen molar-refractivity contribution >= 4 is 6.03 Å². The monoisotopic (exact) mass is 281 g/mol. The molecular formula is C15H24FN3O. The van der Waals surface area contributed by atoms with Gasteiger partial charge in [-0.1, -0.05) is 26.0 Å². The second kappa shape index (κ2) is 9.31. The molecule has 5 heteroatoms. The molecule has 0 atom stereocenters. The summed E-state index contributed by atoms with van der Waals surface area (Å²) in [5.41, 5.74) is 0.879. The molecule has 0 radical (unpaired) electrons. The summed E-state index contributed by atoms with van der Waals surface area (Å²) in [6.45, 7) is 8.39. The number of nitrogens with one attached hydrogen (secondary N) is 2. The van der Waals surface area contributed by atoms with Crippen LogP contribution in [0, 0.1) is 5.82 Å². The fraction of sp³-hybridized carbons (Fsp3) is 0.533. The lowest BCUT2D eigenvalue weighted by atomic mass is 10.2. The summed E-state index contributed by atoms with van der Waals surface area (Å²) in [6.07, 6.45) is 0.936. The van der Waals surface area contributed by atoms with Gasteiger partial charge in [0.15, 0.2) is 0 Å². The zero-order valence-corrected chi connectivity index (χ0v) is 12.3. The van der Waals surface area contributed by atoms with Crippen molar-refractivity contribution in [3.8, 4) is 0 Å². The predicted molar refractivity (Wildman–Crippen MR) is 79.0 cm³/mol. The number of hydrogen-bond donors (Lipinski definition) is 2. The van der Waals surface area contributed by atoms with Gasteiger partial charge in [0.05, 0.1) is 0 Å². The van der Waals surface area contributed by atoms with Crippen molar-refractivity contribution in [3.63, 3.8) is 0 Å². The normalized spacial score (nSPS) is 10.6. The number of carbonyl (C=O) groups is 1. The molecule has 1 aromatic carbocycles. The Morgan fingerprint density at radius 3 is 2.40 bits per heavy atom. The van der Waals surface area contributed by atoms with Gasteiger partial charge < -0.3 is 15.5 Å². The molecule has 0 bridgehead atoms. The van der Waals surface area contributed by atoms with E-state index in [1.54, 1.807) is 12.1 Å². The van der Waals surface area contributed by atoms with Crippen molar-refractivity contribution in [2.45, 2.75) is 26.8 Å². The molecule has 0 aliphatic heterocycles. The highest BCUT2D eigenvalue weighted by molar-refractivity contribution is 5.73. The maximum absolute atomic E-state index is 12.7. The first kappa shape index (κ1) is 16.4. The van der Waals surface area contributed by atoms with E-state index in [0.717, 1.165) is 31.6 Å². The van der Waals surface area contributed by atoms with Crippen LogP contribution in [0.15, 0.2) is 24.3 Å². The first-order valence-electron chi connectivity index (χ1n) is 7.14. The van der Waals surface area contributed by atoms with E-state index in [4.69, 9.17) is 0 Å². The predicted octanol–water partition coefficient (Wildman–Crippen LogP) is 2.36. The summed E-state index contributed by atoms with van der Waals surface area (Å²) >= 11 is 0. The van der Waals surface area contributed by atoms with Gasteiger partial charge >= 0.3 is 6.03 Å². The van der Waals surface area contributed by atoms with Crippen LogP contribution in [-0.4, -0.2) is 37.1 Å². The quantitative estimate of drug-likeness (QED) is 0.718. The lowest BCUT2D eigenvalue weighted by Crippen LogP contribution is -2.36.